The van der Waals surface area contributed by atoms with Gasteiger partial charge in [0, 0.05) is 6.04 Å². The van der Waals surface area contributed by atoms with Crippen LogP contribution >= 0.6 is 0 Å². The lowest BCUT2D eigenvalue weighted by Gasteiger charge is -2.26. The summed E-state index contributed by atoms with van der Waals surface area (Å²) in [7, 11) is 0. The van der Waals surface area contributed by atoms with E-state index in [4.69, 9.17) is 16.2 Å². The summed E-state index contributed by atoms with van der Waals surface area (Å²) in [5, 5.41) is 18.5. The summed E-state index contributed by atoms with van der Waals surface area (Å²) >= 11 is 0. The summed E-state index contributed by atoms with van der Waals surface area (Å²) < 4.78 is 0. The molecule has 1 aliphatic carbocycles. The van der Waals surface area contributed by atoms with Crippen molar-refractivity contribution in [1.29, 1.82) is 5.41 Å². The second-order valence-corrected chi connectivity index (χ2v) is 3.44. The van der Waals surface area contributed by atoms with Crippen LogP contribution in [0.4, 0.5) is 0 Å². The minimum atomic E-state index is -0.707. The summed E-state index contributed by atoms with van der Waals surface area (Å²) in [6.07, 6.45) is 2.94. The molecule has 13 heavy (non-hydrogen) atoms. The zero-order valence-corrected chi connectivity index (χ0v) is 7.42. The molecule has 0 heterocycles. The molecule has 1 fully saturated rings. The van der Waals surface area contributed by atoms with Gasteiger partial charge in [-0.2, -0.15) is 0 Å². The Kier molecular flexibility index (Phi) is 3.11. The summed E-state index contributed by atoms with van der Waals surface area (Å²) in [6.45, 7) is 0. The van der Waals surface area contributed by atoms with E-state index in [1.807, 2.05) is 0 Å². The van der Waals surface area contributed by atoms with Gasteiger partial charge in [-0.1, -0.05) is 0 Å². The van der Waals surface area contributed by atoms with Crippen molar-refractivity contribution in [2.75, 3.05) is 0 Å². The van der Waals surface area contributed by atoms with E-state index in [9.17, 15) is 4.79 Å². The van der Waals surface area contributed by atoms with Crippen LogP contribution in [0.25, 0.3) is 0 Å². The maximum atomic E-state index is 10.6. The quantitative estimate of drug-likeness (QED) is 0.362. The third-order valence-corrected chi connectivity index (χ3v) is 2.44. The van der Waals surface area contributed by atoms with Crippen LogP contribution in [0.15, 0.2) is 0 Å². The normalized spacial score (nSPS) is 28.0. The van der Waals surface area contributed by atoms with E-state index < -0.39 is 5.97 Å². The van der Waals surface area contributed by atoms with E-state index in [1.165, 1.54) is 0 Å². The maximum absolute atomic E-state index is 10.6. The molecule has 0 amide bonds. The van der Waals surface area contributed by atoms with Gasteiger partial charge in [0.05, 0.1) is 5.92 Å². The van der Waals surface area contributed by atoms with Gasteiger partial charge in [0.2, 0.25) is 0 Å². The highest BCUT2D eigenvalue weighted by atomic mass is 16.4. The largest absolute Gasteiger partial charge is 0.481 e. The molecule has 5 N–H and O–H groups in total. The molecule has 5 heteroatoms. The number of aliphatic carboxylic acids is 1. The van der Waals surface area contributed by atoms with E-state index in [0.717, 1.165) is 12.8 Å². The SMILES string of the molecule is N=C(N)NC1CCC(C(=O)O)CC1. The molecule has 0 unspecified atom stereocenters. The van der Waals surface area contributed by atoms with Gasteiger partial charge in [-0.3, -0.25) is 10.2 Å². The van der Waals surface area contributed by atoms with Gasteiger partial charge in [-0.25, -0.2) is 0 Å². The van der Waals surface area contributed by atoms with Crippen molar-refractivity contribution in [3.8, 4) is 0 Å². The molecule has 0 aromatic rings. The Morgan fingerprint density at radius 3 is 2.31 bits per heavy atom. The predicted octanol–water partition coefficient (Wildman–Crippen LogP) is 0.113. The average molecular weight is 185 g/mol. The van der Waals surface area contributed by atoms with Gasteiger partial charge in [0.15, 0.2) is 5.96 Å². The molecule has 0 radical (unpaired) electrons. The lowest BCUT2D eigenvalue weighted by Crippen LogP contribution is -2.41. The van der Waals surface area contributed by atoms with E-state index >= 15 is 0 Å². The molecule has 0 aromatic carbocycles. The van der Waals surface area contributed by atoms with Gasteiger partial charge in [-0.15, -0.1) is 0 Å². The standard InChI is InChI=1S/C8H15N3O2/c9-8(10)11-6-3-1-5(2-4-6)7(12)13/h5-6H,1-4H2,(H,12,13)(H4,9,10,11). The minimum absolute atomic E-state index is 0.0289. The summed E-state index contributed by atoms with van der Waals surface area (Å²) in [4.78, 5) is 10.6. The maximum Gasteiger partial charge on any atom is 0.306 e. The summed E-state index contributed by atoms with van der Waals surface area (Å²) in [6, 6.07) is 0.188. The molecule has 0 aromatic heterocycles. The molecule has 0 saturated heterocycles. The topological polar surface area (TPSA) is 99.2 Å². The predicted molar refractivity (Wildman–Crippen MR) is 48.4 cm³/mol. The lowest BCUT2D eigenvalue weighted by atomic mass is 9.86. The average Bonchev–Trinajstić information content (AvgIpc) is 2.04. The fourth-order valence-corrected chi connectivity index (χ4v) is 1.70. The van der Waals surface area contributed by atoms with Crippen LogP contribution in [-0.4, -0.2) is 23.1 Å². The highest BCUT2D eigenvalue weighted by Gasteiger charge is 2.25. The zero-order valence-electron chi connectivity index (χ0n) is 7.42. The number of hydrogen-bond donors (Lipinski definition) is 4. The molecule has 0 atom stereocenters. The van der Waals surface area contributed by atoms with Crippen LogP contribution in [0.1, 0.15) is 25.7 Å². The van der Waals surface area contributed by atoms with Crippen molar-refractivity contribution in [1.82, 2.24) is 5.32 Å². The molecule has 1 rings (SSSR count). The van der Waals surface area contributed by atoms with Gasteiger partial charge >= 0.3 is 5.97 Å². The molecule has 0 bridgehead atoms. The molecule has 1 saturated carbocycles. The fourth-order valence-electron chi connectivity index (χ4n) is 1.70. The van der Waals surface area contributed by atoms with Crippen LogP contribution in [0, 0.1) is 11.3 Å². The number of guanidine groups is 1. The fraction of sp³-hybridized carbons (Fsp3) is 0.750. The summed E-state index contributed by atoms with van der Waals surface area (Å²) in [5.41, 5.74) is 5.17. The van der Waals surface area contributed by atoms with Gasteiger partial charge in [0.1, 0.15) is 0 Å². The van der Waals surface area contributed by atoms with Gasteiger partial charge in [0.25, 0.3) is 0 Å². The first kappa shape index (κ1) is 9.83. The second kappa shape index (κ2) is 4.11. The number of carboxylic acid groups (broad SMARTS) is 1. The first-order chi connectivity index (χ1) is 6.09. The van der Waals surface area contributed by atoms with E-state index in [2.05, 4.69) is 5.32 Å². The van der Waals surface area contributed by atoms with Crippen LogP contribution in [-0.2, 0) is 4.79 Å². The van der Waals surface area contributed by atoms with Crippen LogP contribution < -0.4 is 11.1 Å². The Labute approximate surface area is 76.8 Å². The number of carbonyl (C=O) groups is 1. The second-order valence-electron chi connectivity index (χ2n) is 3.44. The molecule has 0 aliphatic heterocycles. The van der Waals surface area contributed by atoms with Crippen LogP contribution in [0.3, 0.4) is 0 Å². The van der Waals surface area contributed by atoms with E-state index in [0.29, 0.717) is 12.8 Å². The van der Waals surface area contributed by atoms with Crippen molar-refractivity contribution in [3.63, 3.8) is 0 Å². The number of hydrogen-bond acceptors (Lipinski definition) is 2. The third kappa shape index (κ3) is 2.93. The minimum Gasteiger partial charge on any atom is -0.481 e. The molecular weight excluding hydrogens is 170 g/mol. The number of rotatable bonds is 2. The number of carboxylic acids is 1. The van der Waals surface area contributed by atoms with Gasteiger partial charge < -0.3 is 16.2 Å². The Bertz CT molecular complexity index is 209. The molecular formula is C8H15N3O2. The highest BCUT2D eigenvalue weighted by molar-refractivity contribution is 5.74. The zero-order chi connectivity index (χ0) is 9.84. The van der Waals surface area contributed by atoms with Crippen molar-refractivity contribution >= 4 is 11.9 Å². The van der Waals surface area contributed by atoms with Crippen molar-refractivity contribution in [2.45, 2.75) is 31.7 Å². The smallest absolute Gasteiger partial charge is 0.306 e. The van der Waals surface area contributed by atoms with Crippen molar-refractivity contribution in [3.05, 3.63) is 0 Å². The van der Waals surface area contributed by atoms with E-state index in [-0.39, 0.29) is 17.9 Å². The third-order valence-electron chi connectivity index (χ3n) is 2.44. The Morgan fingerprint density at radius 2 is 1.92 bits per heavy atom. The molecule has 1 aliphatic rings. The first-order valence-electron chi connectivity index (χ1n) is 4.43. The molecule has 5 nitrogen and oxygen atoms in total. The van der Waals surface area contributed by atoms with Crippen LogP contribution in [0.2, 0.25) is 0 Å². The lowest BCUT2D eigenvalue weighted by molar-refractivity contribution is -0.142. The first-order valence-corrected chi connectivity index (χ1v) is 4.43. The Hall–Kier alpha value is -1.26. The van der Waals surface area contributed by atoms with Gasteiger partial charge in [-0.05, 0) is 25.7 Å². The number of nitrogens with two attached hydrogens (primary N) is 1. The molecule has 74 valence electrons. The Balaban J connectivity index is 2.30. The number of nitrogens with one attached hydrogen (secondary N) is 2. The monoisotopic (exact) mass is 185 g/mol. The van der Waals surface area contributed by atoms with Crippen LogP contribution in [0.5, 0.6) is 0 Å². The van der Waals surface area contributed by atoms with Crippen molar-refractivity contribution in [2.24, 2.45) is 11.7 Å². The van der Waals surface area contributed by atoms with E-state index in [1.54, 1.807) is 0 Å². The Morgan fingerprint density at radius 1 is 1.38 bits per heavy atom. The molecule has 0 spiro atoms. The highest BCUT2D eigenvalue weighted by Crippen LogP contribution is 2.24. The van der Waals surface area contributed by atoms with Crippen molar-refractivity contribution < 1.29 is 9.90 Å². The summed E-state index contributed by atoms with van der Waals surface area (Å²) in [5.74, 6) is -0.940.